The molecule has 9 heteroatoms. The van der Waals surface area contributed by atoms with Gasteiger partial charge in [0.2, 0.25) is 0 Å². The molecule has 1 saturated heterocycles. The minimum Gasteiger partial charge on any atom is -0.480 e. The van der Waals surface area contributed by atoms with Crippen LogP contribution in [0.5, 0.6) is 0 Å². The highest BCUT2D eigenvalue weighted by Gasteiger charge is 2.35. The van der Waals surface area contributed by atoms with E-state index in [1.54, 1.807) is 0 Å². The number of carbonyl (C=O) groups excluding carboxylic acids is 1. The van der Waals surface area contributed by atoms with Crippen molar-refractivity contribution in [1.29, 1.82) is 0 Å². The number of hydrogen-bond donors (Lipinski definition) is 2. The number of nitrogens with zero attached hydrogens (tertiary/aromatic N) is 1. The fourth-order valence-corrected chi connectivity index (χ4v) is 3.60. The fourth-order valence-electron chi connectivity index (χ4n) is 1.81. The second kappa shape index (κ2) is 6.25. The van der Waals surface area contributed by atoms with E-state index < -0.39 is 34.4 Å². The van der Waals surface area contributed by atoms with Crippen LogP contribution in [-0.2, 0) is 14.6 Å². The molecule has 1 heterocycles. The topological polar surface area (TPSA) is 104 Å². The predicted molar refractivity (Wildman–Crippen MR) is 69.8 cm³/mol. The number of aliphatic carboxylic acids is 1. The Balaban J connectivity index is 2.74. The molecular weight excluding hydrogens is 296 g/mol. The Morgan fingerprint density at radius 1 is 1.47 bits per heavy atom. The Bertz CT molecular complexity index is 490. The van der Waals surface area contributed by atoms with Crippen molar-refractivity contribution in [3.63, 3.8) is 0 Å². The molecule has 1 aliphatic heterocycles. The first kappa shape index (κ1) is 15.8. The van der Waals surface area contributed by atoms with Crippen molar-refractivity contribution in [3.8, 4) is 0 Å². The molecule has 0 aliphatic carbocycles. The minimum absolute atomic E-state index is 0.00399. The Morgan fingerprint density at radius 3 is 2.53 bits per heavy atom. The van der Waals surface area contributed by atoms with Crippen LogP contribution < -0.4 is 5.32 Å². The van der Waals surface area contributed by atoms with Crippen LogP contribution in [0.2, 0.25) is 0 Å². The van der Waals surface area contributed by atoms with Gasteiger partial charge in [-0.25, -0.2) is 13.2 Å². The van der Waals surface area contributed by atoms with Gasteiger partial charge in [0.15, 0.2) is 9.84 Å². The Morgan fingerprint density at radius 2 is 2.11 bits per heavy atom. The molecule has 2 N–H and O–H groups in total. The van der Waals surface area contributed by atoms with Gasteiger partial charge in [0.05, 0.1) is 18.1 Å². The zero-order valence-corrected chi connectivity index (χ0v) is 11.7. The molecule has 0 aromatic rings. The van der Waals surface area contributed by atoms with Gasteiger partial charge in [-0.15, -0.1) is 0 Å². The van der Waals surface area contributed by atoms with E-state index in [4.69, 9.17) is 16.7 Å². The summed E-state index contributed by atoms with van der Waals surface area (Å²) in [6, 6.07) is -1.28. The molecule has 0 spiro atoms. The first-order valence-corrected chi connectivity index (χ1v) is 7.71. The number of hydrogen-bond acceptors (Lipinski definition) is 4. The van der Waals surface area contributed by atoms with Crippen LogP contribution >= 0.6 is 11.6 Å². The second-order valence-electron chi connectivity index (χ2n) is 4.25. The van der Waals surface area contributed by atoms with E-state index in [1.165, 1.54) is 0 Å². The van der Waals surface area contributed by atoms with Crippen LogP contribution in [0, 0.1) is 0 Å². The van der Waals surface area contributed by atoms with Gasteiger partial charge < -0.3 is 15.3 Å². The zero-order valence-electron chi connectivity index (χ0n) is 10.1. The van der Waals surface area contributed by atoms with Crippen LogP contribution in [0.3, 0.4) is 0 Å². The maximum Gasteiger partial charge on any atom is 0.323 e. The molecular formula is C10H15ClN2O5S. The van der Waals surface area contributed by atoms with Gasteiger partial charge in [0, 0.05) is 11.1 Å². The molecule has 1 rings (SSSR count). The smallest absolute Gasteiger partial charge is 0.323 e. The highest BCUT2D eigenvalue weighted by Crippen LogP contribution is 2.17. The van der Waals surface area contributed by atoms with Crippen LogP contribution in [0.1, 0.15) is 6.42 Å². The monoisotopic (exact) mass is 310 g/mol. The molecule has 108 valence electrons. The molecule has 7 nitrogen and oxygen atoms in total. The molecule has 2 amide bonds. The number of carbonyl (C=O) groups is 2. The van der Waals surface area contributed by atoms with Crippen molar-refractivity contribution in [3.05, 3.63) is 11.6 Å². The lowest BCUT2D eigenvalue weighted by atomic mass is 10.2. The largest absolute Gasteiger partial charge is 0.480 e. The van der Waals surface area contributed by atoms with E-state index in [9.17, 15) is 18.0 Å². The van der Waals surface area contributed by atoms with Crippen LogP contribution in [-0.4, -0.2) is 61.1 Å². The van der Waals surface area contributed by atoms with E-state index in [1.807, 2.05) is 0 Å². The predicted octanol–water partition coefficient (Wildman–Crippen LogP) is 0.0222. The van der Waals surface area contributed by atoms with Crippen LogP contribution in [0.25, 0.3) is 0 Å². The quantitative estimate of drug-likeness (QED) is 0.745. The third-order valence-electron chi connectivity index (χ3n) is 2.65. The summed E-state index contributed by atoms with van der Waals surface area (Å²) in [7, 11) is -3.20. The summed E-state index contributed by atoms with van der Waals surface area (Å²) in [4.78, 5) is 23.6. The van der Waals surface area contributed by atoms with Crippen molar-refractivity contribution in [2.24, 2.45) is 0 Å². The highest BCUT2D eigenvalue weighted by molar-refractivity contribution is 7.91. The summed E-state index contributed by atoms with van der Waals surface area (Å²) >= 11 is 5.50. The van der Waals surface area contributed by atoms with E-state index in [2.05, 4.69) is 11.9 Å². The summed E-state index contributed by atoms with van der Waals surface area (Å²) in [5.74, 6) is -1.46. The molecule has 1 atom stereocenters. The fraction of sp³-hybridized carbons (Fsp3) is 0.600. The normalized spacial score (nSPS) is 20.8. The van der Waals surface area contributed by atoms with Crippen molar-refractivity contribution in [1.82, 2.24) is 10.2 Å². The first-order valence-electron chi connectivity index (χ1n) is 5.51. The lowest BCUT2D eigenvalue weighted by molar-refractivity contribution is -0.138. The van der Waals surface area contributed by atoms with Gasteiger partial charge in [-0.2, -0.15) is 0 Å². The number of rotatable bonds is 5. The van der Waals surface area contributed by atoms with Gasteiger partial charge in [-0.3, -0.25) is 4.79 Å². The second-order valence-corrected chi connectivity index (χ2v) is 7.02. The lowest BCUT2D eigenvalue weighted by Crippen LogP contribution is -2.49. The van der Waals surface area contributed by atoms with Crippen LogP contribution in [0.15, 0.2) is 11.6 Å². The summed E-state index contributed by atoms with van der Waals surface area (Å²) < 4.78 is 22.8. The summed E-state index contributed by atoms with van der Waals surface area (Å²) in [5.41, 5.74) is 0. The summed E-state index contributed by atoms with van der Waals surface area (Å²) in [5, 5.41) is 11.4. The lowest BCUT2D eigenvalue weighted by Gasteiger charge is -2.26. The maximum absolute atomic E-state index is 11.8. The van der Waals surface area contributed by atoms with E-state index in [0.717, 1.165) is 4.90 Å². The van der Waals surface area contributed by atoms with Crippen molar-refractivity contribution in [2.75, 3.05) is 24.6 Å². The van der Waals surface area contributed by atoms with Crippen molar-refractivity contribution >= 4 is 33.4 Å². The van der Waals surface area contributed by atoms with Crippen molar-refractivity contribution in [2.45, 2.75) is 12.5 Å². The maximum atomic E-state index is 11.8. The molecule has 0 radical (unpaired) electrons. The zero-order chi connectivity index (χ0) is 14.6. The third-order valence-corrected chi connectivity index (χ3v) is 4.53. The molecule has 1 unspecified atom stereocenters. The first-order chi connectivity index (χ1) is 8.71. The Hall–Kier alpha value is -1.28. The third kappa shape index (κ3) is 5.07. The highest BCUT2D eigenvalue weighted by atomic mass is 35.5. The van der Waals surface area contributed by atoms with E-state index >= 15 is 0 Å². The Labute approximate surface area is 116 Å². The van der Waals surface area contributed by atoms with Gasteiger partial charge in [-0.1, -0.05) is 18.2 Å². The van der Waals surface area contributed by atoms with Crippen LogP contribution in [0.4, 0.5) is 4.79 Å². The number of nitrogens with one attached hydrogen (secondary N) is 1. The van der Waals surface area contributed by atoms with Gasteiger partial charge in [0.1, 0.15) is 6.54 Å². The van der Waals surface area contributed by atoms with Gasteiger partial charge in [-0.05, 0) is 6.42 Å². The number of carboxylic acid groups (broad SMARTS) is 1. The summed E-state index contributed by atoms with van der Waals surface area (Å²) in [6.45, 7) is 2.83. The van der Waals surface area contributed by atoms with E-state index in [0.29, 0.717) is 0 Å². The van der Waals surface area contributed by atoms with Gasteiger partial charge >= 0.3 is 12.0 Å². The number of amides is 2. The molecule has 1 aliphatic rings. The molecule has 0 aromatic carbocycles. The SMILES string of the molecule is C=C(Cl)CNC(=O)N(CC(=O)O)C1CCS(=O)(=O)C1. The number of sulfone groups is 1. The Kier molecular flexibility index (Phi) is 5.19. The molecule has 0 saturated carbocycles. The van der Waals surface area contributed by atoms with Gasteiger partial charge in [0.25, 0.3) is 0 Å². The minimum atomic E-state index is -3.20. The van der Waals surface area contributed by atoms with E-state index in [-0.39, 0.29) is 29.5 Å². The van der Waals surface area contributed by atoms with Crippen molar-refractivity contribution < 1.29 is 23.1 Å². The summed E-state index contributed by atoms with van der Waals surface area (Å²) in [6.07, 6.45) is 0.241. The average molecular weight is 311 g/mol. The number of carboxylic acids is 1. The number of halogens is 1. The molecule has 0 bridgehead atoms. The molecule has 0 aromatic heterocycles. The standard InChI is InChI=1S/C10H15ClN2O5S/c1-7(11)4-12-10(16)13(5-9(14)15)8-2-3-19(17,18)6-8/h8H,1-6H2,(H,12,16)(H,14,15). The average Bonchev–Trinajstić information content (AvgIpc) is 2.62. The molecule has 19 heavy (non-hydrogen) atoms. The number of urea groups is 1. The molecule has 1 fully saturated rings.